The van der Waals surface area contributed by atoms with Gasteiger partial charge in [-0.15, -0.1) is 11.3 Å². The summed E-state index contributed by atoms with van der Waals surface area (Å²) in [5, 5.41) is 0.995. The summed E-state index contributed by atoms with van der Waals surface area (Å²) in [5.41, 5.74) is 1.28. The largest absolute Gasteiger partial charge is 0.491 e. The summed E-state index contributed by atoms with van der Waals surface area (Å²) >= 11 is 7.77. The highest BCUT2D eigenvalue weighted by Crippen LogP contribution is 2.57. The Morgan fingerprint density at radius 1 is 0.984 bits per heavy atom. The van der Waals surface area contributed by atoms with Crippen LogP contribution in [0.2, 0.25) is 5.02 Å². The zero-order valence-corrected chi connectivity index (χ0v) is 37.3. The van der Waals surface area contributed by atoms with Crippen LogP contribution in [0.25, 0.3) is 31.7 Å². The topological polar surface area (TPSA) is 145 Å². The molecule has 2 amide bonds. The van der Waals surface area contributed by atoms with Crippen molar-refractivity contribution in [1.82, 2.24) is 19.6 Å². The number of carbonyl (C=O) groups excluding carboxylic acids is 3. The summed E-state index contributed by atoms with van der Waals surface area (Å²) in [5.74, 6) is -0.180. The van der Waals surface area contributed by atoms with Gasteiger partial charge < -0.3 is 14.4 Å². The lowest BCUT2D eigenvalue weighted by Crippen LogP contribution is -2.46. The van der Waals surface area contributed by atoms with Gasteiger partial charge in [-0.1, -0.05) is 66.9 Å². The highest BCUT2D eigenvalue weighted by molar-refractivity contribution is 7.90. The summed E-state index contributed by atoms with van der Waals surface area (Å²) in [6, 6.07) is 22.3. The molecule has 2 saturated carbocycles. The predicted molar refractivity (Wildman–Crippen MR) is 242 cm³/mol. The molecule has 4 aliphatic rings. The van der Waals surface area contributed by atoms with Crippen LogP contribution in [0, 0.1) is 17.3 Å². The number of halogens is 1. The summed E-state index contributed by atoms with van der Waals surface area (Å²) in [4.78, 5) is 55.6. The van der Waals surface area contributed by atoms with Crippen molar-refractivity contribution in [3.63, 3.8) is 0 Å². The Balaban J connectivity index is 1.07. The number of nitrogens with zero attached hydrogens (tertiary/aromatic N) is 3. The molecule has 2 aliphatic carbocycles. The predicted octanol–water partition coefficient (Wildman–Crippen LogP) is 9.25. The molecule has 0 radical (unpaired) electrons. The van der Waals surface area contributed by atoms with Gasteiger partial charge in [0.1, 0.15) is 16.6 Å². The van der Waals surface area contributed by atoms with Crippen LogP contribution in [0.1, 0.15) is 83.6 Å². The molecule has 0 unspecified atom stereocenters. The molecule has 3 aromatic carbocycles. The third kappa shape index (κ3) is 8.99. The van der Waals surface area contributed by atoms with Crippen LogP contribution in [0.15, 0.2) is 84.9 Å². The summed E-state index contributed by atoms with van der Waals surface area (Å²) < 4.78 is 43.0. The Kier molecular flexibility index (Phi) is 11.9. The molecule has 9 rings (SSSR count). The Labute approximate surface area is 371 Å². The second-order valence-electron chi connectivity index (χ2n) is 17.7. The SMILES string of the molecule is CC(C)Oc1ccc(-c2nc(O[C@@H]3C[C@H]4C(=O)C[C@]5(C(=O)NS(=O)(=O)C6CC6)C[C@H]5/C=C\CCCCC[C@H](Cc5ccc(Cl)cc5)C(=O)N4C3)c3sc4ccccc4c3n2)cc1. The van der Waals surface area contributed by atoms with Crippen LogP contribution in [0.3, 0.4) is 0 Å². The molecule has 5 aromatic rings. The van der Waals surface area contributed by atoms with Crippen molar-refractivity contribution >= 4 is 70.9 Å². The van der Waals surface area contributed by atoms with E-state index in [1.165, 1.54) is 11.3 Å². The minimum absolute atomic E-state index is 0.0198. The number of ketones is 1. The van der Waals surface area contributed by atoms with E-state index in [0.717, 1.165) is 62.9 Å². The van der Waals surface area contributed by atoms with E-state index in [1.54, 1.807) is 4.90 Å². The number of Topliss-reactive ketones (excluding diaryl/α,β-unsaturated/α-hetero) is 1. The number of benzene rings is 3. The molecule has 5 atom stereocenters. The van der Waals surface area contributed by atoms with Crippen molar-refractivity contribution in [3.8, 4) is 23.0 Å². The van der Waals surface area contributed by atoms with Crippen LogP contribution < -0.4 is 14.2 Å². The van der Waals surface area contributed by atoms with Gasteiger partial charge >= 0.3 is 0 Å². The van der Waals surface area contributed by atoms with Crippen LogP contribution in [0.5, 0.6) is 11.6 Å². The van der Waals surface area contributed by atoms with Gasteiger partial charge in [-0.3, -0.25) is 19.1 Å². The maximum Gasteiger partial charge on any atom is 0.240 e. The molecule has 62 heavy (non-hydrogen) atoms. The average molecular weight is 896 g/mol. The monoisotopic (exact) mass is 894 g/mol. The summed E-state index contributed by atoms with van der Waals surface area (Å²) in [7, 11) is -3.84. The number of ether oxygens (including phenoxy) is 2. The number of aromatic nitrogens is 2. The fourth-order valence-electron chi connectivity index (χ4n) is 9.11. The Bertz CT molecular complexity index is 2650. The molecule has 2 aliphatic heterocycles. The number of thiophene rings is 1. The number of carbonyl (C=O) groups is 3. The third-order valence-corrected chi connectivity index (χ3v) is 15.9. The molecular formula is C48H51ClN4O7S2. The van der Waals surface area contributed by atoms with Crippen molar-refractivity contribution in [2.75, 3.05) is 6.54 Å². The minimum atomic E-state index is -3.84. The average Bonchev–Trinajstić information content (AvgIpc) is 4.15. The molecule has 11 nitrogen and oxygen atoms in total. The van der Waals surface area contributed by atoms with Crippen LogP contribution >= 0.6 is 22.9 Å². The molecule has 1 saturated heterocycles. The highest BCUT2D eigenvalue weighted by Gasteiger charge is 2.61. The zero-order chi connectivity index (χ0) is 43.2. The first-order valence-electron chi connectivity index (χ1n) is 21.8. The van der Waals surface area contributed by atoms with E-state index in [9.17, 15) is 18.0 Å². The van der Waals surface area contributed by atoms with Crippen molar-refractivity contribution in [2.24, 2.45) is 17.3 Å². The van der Waals surface area contributed by atoms with Gasteiger partial charge in [-0.05, 0) is 113 Å². The van der Waals surface area contributed by atoms with E-state index >= 15 is 4.79 Å². The Morgan fingerprint density at radius 2 is 1.76 bits per heavy atom. The van der Waals surface area contributed by atoms with Gasteiger partial charge in [-0.25, -0.2) is 13.4 Å². The second-order valence-corrected chi connectivity index (χ2v) is 21.1. The van der Waals surface area contributed by atoms with E-state index in [1.807, 2.05) is 92.7 Å². The van der Waals surface area contributed by atoms with Crippen molar-refractivity contribution < 1.29 is 32.3 Å². The normalized spacial score (nSPS) is 25.2. The molecular weight excluding hydrogens is 844 g/mol. The van der Waals surface area contributed by atoms with Gasteiger partial charge in [0.05, 0.1) is 34.9 Å². The molecule has 324 valence electrons. The lowest BCUT2D eigenvalue weighted by Gasteiger charge is -2.29. The lowest BCUT2D eigenvalue weighted by molar-refractivity contribution is -0.142. The molecule has 1 N–H and O–H groups in total. The van der Waals surface area contributed by atoms with Crippen LogP contribution in [0.4, 0.5) is 0 Å². The third-order valence-electron chi connectivity index (χ3n) is 12.7. The van der Waals surface area contributed by atoms with Gasteiger partial charge in [0.2, 0.25) is 27.7 Å². The van der Waals surface area contributed by atoms with Gasteiger partial charge in [0, 0.05) is 39.4 Å². The number of hydrogen-bond donors (Lipinski definition) is 1. The lowest BCUT2D eigenvalue weighted by atomic mass is 9.90. The number of amides is 2. The van der Waals surface area contributed by atoms with Gasteiger partial charge in [-0.2, -0.15) is 4.98 Å². The van der Waals surface area contributed by atoms with E-state index in [0.29, 0.717) is 48.8 Å². The zero-order valence-electron chi connectivity index (χ0n) is 34.9. The molecule has 14 heteroatoms. The van der Waals surface area contributed by atoms with Crippen molar-refractivity contribution in [3.05, 3.63) is 95.5 Å². The van der Waals surface area contributed by atoms with Crippen LogP contribution in [-0.2, 0) is 30.8 Å². The first-order chi connectivity index (χ1) is 29.9. The number of rotatable bonds is 10. The highest BCUT2D eigenvalue weighted by atomic mass is 35.5. The number of hydrogen-bond acceptors (Lipinski definition) is 10. The Hall–Kier alpha value is -4.85. The van der Waals surface area contributed by atoms with E-state index in [4.69, 9.17) is 31.0 Å². The van der Waals surface area contributed by atoms with Crippen molar-refractivity contribution in [2.45, 2.75) is 108 Å². The number of fused-ring (bicyclic) bond motifs is 5. The van der Waals surface area contributed by atoms with Crippen molar-refractivity contribution in [1.29, 1.82) is 0 Å². The van der Waals surface area contributed by atoms with Gasteiger partial charge in [0.15, 0.2) is 11.6 Å². The summed E-state index contributed by atoms with van der Waals surface area (Å²) in [6.07, 6.45) is 9.38. The van der Waals surface area contributed by atoms with E-state index < -0.39 is 44.7 Å². The maximum absolute atomic E-state index is 15.0. The fraction of sp³-hybridized carbons (Fsp3) is 0.438. The number of nitrogens with one attached hydrogen (secondary N) is 1. The maximum atomic E-state index is 15.0. The standard InChI is InChI=1S/C48H51ClN4O7S2/c1-29(2)59-35-20-16-31(17-21-35)44-50-42-38-12-8-9-13-41(38)61-43(42)45(51-44)60-36-25-39-40(54)27-48(47(56)52-62(57,58)37-22-23-37)26-33(48)11-7-5-3-4-6-10-32(46(55)53(39)28-36)24-30-14-18-34(49)19-15-30/h7-9,11-21,29,32-33,36-37,39H,3-6,10,22-28H2,1-2H3,(H,52,56)/b11-7-/t32-,33-,36-,39+,48-/m1/s1. The fourth-order valence-corrected chi connectivity index (χ4v) is 11.7. The van der Waals surface area contributed by atoms with E-state index in [-0.39, 0.29) is 43.1 Å². The quantitative estimate of drug-likeness (QED) is 0.136. The molecule has 2 aromatic heterocycles. The van der Waals surface area contributed by atoms with Gasteiger partial charge in [0.25, 0.3) is 0 Å². The summed E-state index contributed by atoms with van der Waals surface area (Å²) in [6.45, 7) is 4.09. The molecule has 3 fully saturated rings. The number of allylic oxidation sites excluding steroid dienone is 2. The van der Waals surface area contributed by atoms with Crippen LogP contribution in [-0.4, -0.2) is 70.9 Å². The second kappa shape index (κ2) is 17.4. The molecule has 4 heterocycles. The first kappa shape index (κ1) is 42.5. The number of sulfonamides is 1. The Morgan fingerprint density at radius 3 is 2.52 bits per heavy atom. The molecule has 0 spiro atoms. The smallest absolute Gasteiger partial charge is 0.240 e. The minimum Gasteiger partial charge on any atom is -0.491 e. The first-order valence-corrected chi connectivity index (χ1v) is 24.5. The van der Waals surface area contributed by atoms with E-state index in [2.05, 4.69) is 10.8 Å². The molecule has 0 bridgehead atoms.